The summed E-state index contributed by atoms with van der Waals surface area (Å²) in [6.45, 7) is 13.6. The molecule has 104 valence electrons. The molecule has 0 spiro atoms. The molecule has 0 atom stereocenters. The van der Waals surface area contributed by atoms with Crippen molar-refractivity contribution in [3.63, 3.8) is 0 Å². The second-order valence-electron chi connectivity index (χ2n) is 5.88. The fraction of sp³-hybridized carbons (Fsp3) is 0.692. The van der Waals surface area contributed by atoms with Crippen LogP contribution in [0.25, 0.3) is 0 Å². The Hall–Kier alpha value is -1.52. The highest BCUT2D eigenvalue weighted by Crippen LogP contribution is 2.17. The van der Waals surface area contributed by atoms with Gasteiger partial charge in [0.25, 0.3) is 0 Å². The minimum Gasteiger partial charge on any atom is -0.444 e. The first-order valence-corrected chi connectivity index (χ1v) is 5.89. The van der Waals surface area contributed by atoms with Crippen molar-refractivity contribution in [3.05, 3.63) is 12.7 Å². The highest BCUT2D eigenvalue weighted by Gasteiger charge is 2.26. The Kier molecular flexibility index (Phi) is 5.88. The largest absolute Gasteiger partial charge is 0.444 e. The third kappa shape index (κ3) is 6.93. The Balaban J connectivity index is 4.76. The van der Waals surface area contributed by atoms with Gasteiger partial charge in [-0.3, -0.25) is 0 Å². The third-order valence-electron chi connectivity index (χ3n) is 2.01. The summed E-state index contributed by atoms with van der Waals surface area (Å²) in [5.41, 5.74) is -0.972. The Labute approximate surface area is 109 Å². The molecule has 0 aromatic heterocycles. The van der Waals surface area contributed by atoms with E-state index in [2.05, 4.69) is 11.7 Å². The molecule has 0 saturated carbocycles. The highest BCUT2D eigenvalue weighted by molar-refractivity contribution is 5.70. The number of hydrogen-bond acceptors (Lipinski definition) is 4. The summed E-state index contributed by atoms with van der Waals surface area (Å²) in [7, 11) is 0. The SMILES string of the molecule is C=CCN(CC(C)(C)/C=N/O)C(=O)OC(C)(C)C. The Morgan fingerprint density at radius 1 is 1.39 bits per heavy atom. The molecule has 0 aliphatic heterocycles. The number of oxime groups is 1. The number of carbonyl (C=O) groups is 1. The molecule has 0 saturated heterocycles. The Bertz CT molecular complexity index is 317. The van der Waals surface area contributed by atoms with E-state index in [9.17, 15) is 4.79 Å². The van der Waals surface area contributed by atoms with E-state index in [0.29, 0.717) is 13.1 Å². The van der Waals surface area contributed by atoms with Crippen molar-refractivity contribution in [2.24, 2.45) is 10.6 Å². The zero-order valence-electron chi connectivity index (χ0n) is 11.9. The number of hydrogen-bond donors (Lipinski definition) is 1. The fourth-order valence-electron chi connectivity index (χ4n) is 1.37. The van der Waals surface area contributed by atoms with Gasteiger partial charge in [0.1, 0.15) is 5.60 Å². The number of nitrogens with zero attached hydrogens (tertiary/aromatic N) is 2. The van der Waals surface area contributed by atoms with Gasteiger partial charge >= 0.3 is 6.09 Å². The van der Waals surface area contributed by atoms with Crippen molar-refractivity contribution in [3.8, 4) is 0 Å². The standard InChI is InChI=1S/C13H24N2O3/c1-7-8-15(10-13(5,6)9-14-17)11(16)18-12(2,3)4/h7,9,17H,1,8,10H2,2-6H3/b14-9+. The molecule has 5 nitrogen and oxygen atoms in total. The maximum Gasteiger partial charge on any atom is 0.410 e. The summed E-state index contributed by atoms with van der Waals surface area (Å²) in [5.74, 6) is 0. The second-order valence-corrected chi connectivity index (χ2v) is 5.88. The molecule has 1 N–H and O–H groups in total. The summed E-state index contributed by atoms with van der Waals surface area (Å²) >= 11 is 0. The molecular weight excluding hydrogens is 232 g/mol. The van der Waals surface area contributed by atoms with Gasteiger partial charge < -0.3 is 14.8 Å². The van der Waals surface area contributed by atoms with Crippen LogP contribution in [0.3, 0.4) is 0 Å². The van der Waals surface area contributed by atoms with Gasteiger partial charge in [0.05, 0.1) is 6.21 Å². The molecule has 0 radical (unpaired) electrons. The van der Waals surface area contributed by atoms with Crippen LogP contribution in [0.1, 0.15) is 34.6 Å². The Morgan fingerprint density at radius 3 is 2.33 bits per heavy atom. The molecular formula is C13H24N2O3. The van der Waals surface area contributed by atoms with E-state index in [4.69, 9.17) is 9.94 Å². The van der Waals surface area contributed by atoms with Gasteiger partial charge in [-0.25, -0.2) is 4.79 Å². The molecule has 0 fully saturated rings. The first-order valence-electron chi connectivity index (χ1n) is 5.89. The molecule has 0 bridgehead atoms. The van der Waals surface area contributed by atoms with Crippen LogP contribution in [0.4, 0.5) is 4.79 Å². The molecule has 0 heterocycles. The van der Waals surface area contributed by atoms with E-state index in [-0.39, 0.29) is 0 Å². The minimum atomic E-state index is -0.536. The van der Waals surface area contributed by atoms with Crippen LogP contribution in [-0.4, -0.2) is 41.1 Å². The van der Waals surface area contributed by atoms with E-state index < -0.39 is 17.1 Å². The lowest BCUT2D eigenvalue weighted by atomic mass is 9.95. The first kappa shape index (κ1) is 16.5. The van der Waals surface area contributed by atoms with Crippen molar-refractivity contribution in [1.82, 2.24) is 4.90 Å². The zero-order chi connectivity index (χ0) is 14.4. The minimum absolute atomic E-state index is 0.387. The maximum absolute atomic E-state index is 12.0. The monoisotopic (exact) mass is 256 g/mol. The lowest BCUT2D eigenvalue weighted by Crippen LogP contribution is -2.42. The third-order valence-corrected chi connectivity index (χ3v) is 2.01. The van der Waals surface area contributed by atoms with Gasteiger partial charge in [0, 0.05) is 18.5 Å². The van der Waals surface area contributed by atoms with E-state index >= 15 is 0 Å². The average molecular weight is 256 g/mol. The molecule has 0 aromatic carbocycles. The molecule has 0 aliphatic carbocycles. The van der Waals surface area contributed by atoms with Crippen LogP contribution < -0.4 is 0 Å². The van der Waals surface area contributed by atoms with Crippen LogP contribution in [-0.2, 0) is 4.74 Å². The van der Waals surface area contributed by atoms with Crippen LogP contribution in [0.15, 0.2) is 17.8 Å². The van der Waals surface area contributed by atoms with E-state index in [0.717, 1.165) is 0 Å². The van der Waals surface area contributed by atoms with Gasteiger partial charge in [-0.15, -0.1) is 11.7 Å². The van der Waals surface area contributed by atoms with Crippen LogP contribution in [0.5, 0.6) is 0 Å². The number of carbonyl (C=O) groups excluding carboxylic acids is 1. The first-order chi connectivity index (χ1) is 8.11. The predicted octanol–water partition coefficient (Wildman–Crippen LogP) is 2.90. The molecule has 0 unspecified atom stereocenters. The lowest BCUT2D eigenvalue weighted by Gasteiger charge is -2.31. The number of ether oxygens (including phenoxy) is 1. The molecule has 18 heavy (non-hydrogen) atoms. The summed E-state index contributed by atoms with van der Waals surface area (Å²) in [6, 6.07) is 0. The number of amides is 1. The van der Waals surface area contributed by atoms with Crippen molar-refractivity contribution < 1.29 is 14.7 Å². The van der Waals surface area contributed by atoms with Gasteiger partial charge in [-0.05, 0) is 20.8 Å². The molecule has 0 aliphatic rings. The molecule has 0 rings (SSSR count). The van der Waals surface area contributed by atoms with Crippen LogP contribution in [0.2, 0.25) is 0 Å². The predicted molar refractivity (Wildman–Crippen MR) is 72.1 cm³/mol. The molecule has 1 amide bonds. The zero-order valence-corrected chi connectivity index (χ0v) is 11.9. The van der Waals surface area contributed by atoms with Crippen LogP contribution in [0, 0.1) is 5.41 Å². The summed E-state index contributed by atoms with van der Waals surface area (Å²) in [6.07, 6.45) is 2.63. The highest BCUT2D eigenvalue weighted by atomic mass is 16.6. The van der Waals surface area contributed by atoms with E-state index in [1.54, 1.807) is 6.08 Å². The van der Waals surface area contributed by atoms with E-state index in [1.807, 2.05) is 34.6 Å². The van der Waals surface area contributed by atoms with Crippen molar-refractivity contribution in [2.75, 3.05) is 13.1 Å². The second kappa shape index (κ2) is 6.42. The maximum atomic E-state index is 12.0. The summed E-state index contributed by atoms with van der Waals surface area (Å²) in [5, 5.41) is 11.6. The van der Waals surface area contributed by atoms with E-state index in [1.165, 1.54) is 11.1 Å². The van der Waals surface area contributed by atoms with Crippen molar-refractivity contribution in [1.29, 1.82) is 0 Å². The van der Waals surface area contributed by atoms with Crippen molar-refractivity contribution in [2.45, 2.75) is 40.2 Å². The topological polar surface area (TPSA) is 62.1 Å². The summed E-state index contributed by atoms with van der Waals surface area (Å²) in [4.78, 5) is 13.5. The fourth-order valence-corrected chi connectivity index (χ4v) is 1.37. The van der Waals surface area contributed by atoms with Gasteiger partial charge in [0.15, 0.2) is 0 Å². The average Bonchev–Trinajstić information content (AvgIpc) is 2.13. The molecule has 5 heteroatoms. The van der Waals surface area contributed by atoms with Crippen molar-refractivity contribution >= 4 is 12.3 Å². The van der Waals surface area contributed by atoms with Gasteiger partial charge in [-0.1, -0.05) is 19.9 Å². The van der Waals surface area contributed by atoms with Gasteiger partial charge in [0.2, 0.25) is 0 Å². The quantitative estimate of drug-likeness (QED) is 0.356. The summed E-state index contributed by atoms with van der Waals surface area (Å²) < 4.78 is 5.31. The van der Waals surface area contributed by atoms with Gasteiger partial charge in [-0.2, -0.15) is 0 Å². The normalized spacial score (nSPS) is 12.5. The lowest BCUT2D eigenvalue weighted by molar-refractivity contribution is 0.0235. The smallest absolute Gasteiger partial charge is 0.410 e. The van der Waals surface area contributed by atoms with Crippen LogP contribution >= 0.6 is 0 Å². The molecule has 0 aromatic rings. The Morgan fingerprint density at radius 2 is 1.94 bits per heavy atom. The number of rotatable bonds is 5.